The Hall–Kier alpha value is -3.65. The zero-order chi connectivity index (χ0) is 26.7. The Labute approximate surface area is 221 Å². The second kappa shape index (κ2) is 11.2. The lowest BCUT2D eigenvalue weighted by Gasteiger charge is -2.25. The van der Waals surface area contributed by atoms with Crippen LogP contribution in [0.2, 0.25) is 0 Å². The number of nitrogens with zero attached hydrogens (tertiary/aromatic N) is 3. The van der Waals surface area contributed by atoms with Crippen LogP contribution in [0.1, 0.15) is 51.8 Å². The summed E-state index contributed by atoms with van der Waals surface area (Å²) in [6.07, 6.45) is 1.54. The summed E-state index contributed by atoms with van der Waals surface area (Å²) in [5.74, 6) is 0.222. The fourth-order valence-electron chi connectivity index (χ4n) is 4.56. The van der Waals surface area contributed by atoms with Crippen molar-refractivity contribution in [1.82, 2.24) is 4.57 Å². The normalized spacial score (nSPS) is 15.4. The molecule has 0 aliphatic carbocycles. The Bertz CT molecular complexity index is 1500. The Morgan fingerprint density at radius 2 is 1.86 bits per heavy atom. The minimum atomic E-state index is -0.627. The van der Waals surface area contributed by atoms with Crippen molar-refractivity contribution in [1.29, 1.82) is 0 Å². The van der Waals surface area contributed by atoms with E-state index < -0.39 is 12.0 Å². The van der Waals surface area contributed by atoms with Gasteiger partial charge in [-0.2, -0.15) is 0 Å². The van der Waals surface area contributed by atoms with Crippen LogP contribution in [0, 0.1) is 0 Å². The molecule has 1 aliphatic rings. The average Bonchev–Trinajstić information content (AvgIpc) is 3.18. The summed E-state index contributed by atoms with van der Waals surface area (Å²) in [5.41, 5.74) is 3.40. The summed E-state index contributed by atoms with van der Waals surface area (Å²) < 4.78 is 13.3. The maximum atomic E-state index is 13.8. The highest BCUT2D eigenvalue weighted by Crippen LogP contribution is 2.31. The van der Waals surface area contributed by atoms with E-state index in [2.05, 4.69) is 23.7 Å². The quantitative estimate of drug-likeness (QED) is 0.420. The first kappa shape index (κ1) is 26.4. The number of methoxy groups -OCH3 is 1. The molecule has 1 atom stereocenters. The predicted molar refractivity (Wildman–Crippen MR) is 148 cm³/mol. The van der Waals surface area contributed by atoms with Gasteiger partial charge < -0.3 is 14.4 Å². The van der Waals surface area contributed by atoms with E-state index in [4.69, 9.17) is 9.47 Å². The molecule has 0 saturated heterocycles. The number of thiazole rings is 1. The Kier molecular flexibility index (Phi) is 7.97. The van der Waals surface area contributed by atoms with Crippen LogP contribution < -0.4 is 24.5 Å². The van der Waals surface area contributed by atoms with E-state index in [1.165, 1.54) is 11.3 Å². The van der Waals surface area contributed by atoms with Crippen molar-refractivity contribution in [3.05, 3.63) is 90.6 Å². The first-order valence-corrected chi connectivity index (χ1v) is 13.3. The van der Waals surface area contributed by atoms with Crippen LogP contribution in [0.4, 0.5) is 5.69 Å². The molecule has 3 aromatic rings. The van der Waals surface area contributed by atoms with Crippen LogP contribution in [0.3, 0.4) is 0 Å². The van der Waals surface area contributed by atoms with Crippen molar-refractivity contribution < 1.29 is 14.3 Å². The molecule has 1 aromatic heterocycles. The predicted octanol–water partition coefficient (Wildman–Crippen LogP) is 4.04. The van der Waals surface area contributed by atoms with Crippen molar-refractivity contribution in [3.63, 3.8) is 0 Å². The van der Waals surface area contributed by atoms with Gasteiger partial charge in [-0.3, -0.25) is 9.36 Å². The number of hydrogen-bond acceptors (Lipinski definition) is 7. The van der Waals surface area contributed by atoms with Gasteiger partial charge in [0.05, 0.1) is 35.1 Å². The van der Waals surface area contributed by atoms with Gasteiger partial charge in [-0.15, -0.1) is 0 Å². The molecule has 2 heterocycles. The lowest BCUT2D eigenvalue weighted by molar-refractivity contribution is -0.143. The van der Waals surface area contributed by atoms with E-state index >= 15 is 0 Å². The fourth-order valence-corrected chi connectivity index (χ4v) is 5.59. The van der Waals surface area contributed by atoms with E-state index in [-0.39, 0.29) is 11.7 Å². The maximum Gasteiger partial charge on any atom is 0.338 e. The molecular weight excluding hydrogens is 486 g/mol. The molecule has 8 heteroatoms. The first-order valence-electron chi connectivity index (χ1n) is 12.5. The van der Waals surface area contributed by atoms with Crippen LogP contribution >= 0.6 is 11.3 Å². The average molecular weight is 520 g/mol. The van der Waals surface area contributed by atoms with E-state index in [0.717, 1.165) is 29.9 Å². The number of benzene rings is 2. The van der Waals surface area contributed by atoms with Crippen LogP contribution in [0.5, 0.6) is 5.75 Å². The molecule has 4 rings (SSSR count). The highest BCUT2D eigenvalue weighted by Gasteiger charge is 2.33. The van der Waals surface area contributed by atoms with Gasteiger partial charge in [0.25, 0.3) is 5.56 Å². The van der Waals surface area contributed by atoms with Gasteiger partial charge in [0.2, 0.25) is 0 Å². The summed E-state index contributed by atoms with van der Waals surface area (Å²) in [6, 6.07) is 14.9. The number of hydrogen-bond donors (Lipinski definition) is 0. The zero-order valence-corrected chi connectivity index (χ0v) is 23.0. The molecule has 0 bridgehead atoms. The monoisotopic (exact) mass is 519 g/mol. The molecule has 0 amide bonds. The van der Waals surface area contributed by atoms with E-state index in [9.17, 15) is 9.59 Å². The first-order chi connectivity index (χ1) is 17.8. The third-order valence-electron chi connectivity index (χ3n) is 6.33. The summed E-state index contributed by atoms with van der Waals surface area (Å²) in [7, 11) is 1.63. The Morgan fingerprint density at radius 3 is 2.49 bits per heavy atom. The van der Waals surface area contributed by atoms with Gasteiger partial charge in [-0.05, 0) is 58.4 Å². The van der Waals surface area contributed by atoms with Gasteiger partial charge in [0, 0.05) is 30.4 Å². The number of fused-ring (bicyclic) bond motifs is 1. The van der Waals surface area contributed by atoms with Gasteiger partial charge in [-0.1, -0.05) is 41.7 Å². The van der Waals surface area contributed by atoms with Crippen LogP contribution in [0.15, 0.2) is 69.6 Å². The number of rotatable bonds is 8. The number of aromatic nitrogens is 1. The highest BCUT2D eigenvalue weighted by atomic mass is 32.1. The summed E-state index contributed by atoms with van der Waals surface area (Å²) in [5, 5.41) is 0. The number of carbonyl (C=O) groups is 1. The lowest BCUT2D eigenvalue weighted by atomic mass is 9.96. The number of esters is 1. The van der Waals surface area contributed by atoms with Crippen LogP contribution in [0.25, 0.3) is 6.08 Å². The molecular formula is C29H33N3O4S. The van der Waals surface area contributed by atoms with Crippen molar-refractivity contribution in [3.8, 4) is 5.75 Å². The van der Waals surface area contributed by atoms with Crippen LogP contribution in [-0.2, 0) is 9.53 Å². The largest absolute Gasteiger partial charge is 0.496 e. The number of anilines is 1. The minimum absolute atomic E-state index is 0.213. The van der Waals surface area contributed by atoms with Crippen LogP contribution in [-0.4, -0.2) is 36.8 Å². The second-order valence-corrected chi connectivity index (χ2v) is 10.1. The second-order valence-electron chi connectivity index (χ2n) is 9.05. The smallest absolute Gasteiger partial charge is 0.338 e. The third-order valence-corrected chi connectivity index (χ3v) is 7.31. The van der Waals surface area contributed by atoms with Gasteiger partial charge in [0.15, 0.2) is 4.80 Å². The van der Waals surface area contributed by atoms with Crippen molar-refractivity contribution in [2.75, 3.05) is 25.1 Å². The lowest BCUT2D eigenvalue weighted by Crippen LogP contribution is -2.40. The standard InChI is InChI=1S/C29H33N3O4S/c1-7-31(8-2)22-15-14-21(23(17-22)35-6)16-24-27(33)32-26(20-12-10-9-11-13-20)25(28(34)36-18(3)4)19(5)30-29(32)37-24/h9-18,26H,7-8H2,1-6H3. The molecule has 0 radical (unpaired) electrons. The maximum absolute atomic E-state index is 13.8. The molecule has 1 aliphatic heterocycles. The molecule has 1 unspecified atom stereocenters. The molecule has 194 valence electrons. The Balaban J connectivity index is 1.89. The summed E-state index contributed by atoms with van der Waals surface area (Å²) in [4.78, 5) is 34.4. The zero-order valence-electron chi connectivity index (χ0n) is 22.1. The van der Waals surface area contributed by atoms with Crippen molar-refractivity contribution >= 4 is 29.1 Å². The third kappa shape index (κ3) is 5.25. The molecule has 0 fully saturated rings. The summed E-state index contributed by atoms with van der Waals surface area (Å²) >= 11 is 1.30. The molecule has 0 spiro atoms. The SMILES string of the molecule is CCN(CC)c1ccc(C=c2sc3n(c2=O)C(c2ccccc2)C(C(=O)OC(C)C)=C(C)N=3)c(OC)c1. The molecule has 37 heavy (non-hydrogen) atoms. The van der Waals surface area contributed by atoms with Crippen molar-refractivity contribution in [2.24, 2.45) is 4.99 Å². The topological polar surface area (TPSA) is 73.1 Å². The Morgan fingerprint density at radius 1 is 1.16 bits per heavy atom. The molecule has 0 saturated carbocycles. The van der Waals surface area contributed by atoms with E-state index in [1.807, 2.05) is 54.6 Å². The fraction of sp³-hybridized carbons (Fsp3) is 0.345. The molecule has 0 N–H and O–H groups in total. The van der Waals surface area contributed by atoms with Gasteiger partial charge in [-0.25, -0.2) is 9.79 Å². The van der Waals surface area contributed by atoms with E-state index in [0.29, 0.717) is 26.4 Å². The van der Waals surface area contributed by atoms with E-state index in [1.54, 1.807) is 32.4 Å². The minimum Gasteiger partial charge on any atom is -0.496 e. The molecule has 7 nitrogen and oxygen atoms in total. The van der Waals surface area contributed by atoms with Gasteiger partial charge in [0.1, 0.15) is 5.75 Å². The summed E-state index contributed by atoms with van der Waals surface area (Å²) in [6.45, 7) is 11.4. The van der Waals surface area contributed by atoms with Crippen molar-refractivity contribution in [2.45, 2.75) is 46.8 Å². The number of carbonyl (C=O) groups excluding carboxylic acids is 1. The molecule has 2 aromatic carbocycles. The number of ether oxygens (including phenoxy) is 2. The van der Waals surface area contributed by atoms with Gasteiger partial charge >= 0.3 is 5.97 Å². The highest BCUT2D eigenvalue weighted by molar-refractivity contribution is 7.07. The number of allylic oxidation sites excluding steroid dienone is 1.